The number of anilines is 1. The molecule has 0 saturated carbocycles. The topological polar surface area (TPSA) is 58.6 Å². The summed E-state index contributed by atoms with van der Waals surface area (Å²) in [6, 6.07) is 4.93. The fourth-order valence-corrected chi connectivity index (χ4v) is 3.88. The zero-order chi connectivity index (χ0) is 21.1. The molecule has 30 heavy (non-hydrogen) atoms. The summed E-state index contributed by atoms with van der Waals surface area (Å²) < 4.78 is 19.7. The van der Waals surface area contributed by atoms with Crippen molar-refractivity contribution in [3.05, 3.63) is 47.0 Å². The Bertz CT molecular complexity index is 968. The molecule has 2 heterocycles. The Balaban J connectivity index is 1.73. The lowest BCUT2D eigenvalue weighted by molar-refractivity contribution is 0.0967. The lowest BCUT2D eigenvalue weighted by Gasteiger charge is -2.28. The monoisotopic (exact) mass is 410 g/mol. The first-order chi connectivity index (χ1) is 14.5. The van der Waals surface area contributed by atoms with Crippen molar-refractivity contribution in [3.63, 3.8) is 0 Å². The number of ketones is 1. The van der Waals surface area contributed by atoms with E-state index in [0.717, 1.165) is 24.1 Å². The molecule has 0 N–H and O–H groups in total. The third kappa shape index (κ3) is 4.57. The molecule has 0 spiro atoms. The highest BCUT2D eigenvalue weighted by Gasteiger charge is 2.21. The molecule has 0 bridgehead atoms. The van der Waals surface area contributed by atoms with Crippen LogP contribution in [0.25, 0.3) is 17.3 Å². The predicted molar refractivity (Wildman–Crippen MR) is 115 cm³/mol. The van der Waals surface area contributed by atoms with Gasteiger partial charge in [-0.15, -0.1) is 0 Å². The number of allylic oxidation sites excluding steroid dienone is 1. The van der Waals surface area contributed by atoms with E-state index in [9.17, 15) is 9.18 Å². The van der Waals surface area contributed by atoms with Crippen molar-refractivity contribution in [3.8, 4) is 11.3 Å². The van der Waals surface area contributed by atoms with Crippen LogP contribution < -0.4 is 4.90 Å². The van der Waals surface area contributed by atoms with Crippen molar-refractivity contribution < 1.29 is 13.9 Å². The van der Waals surface area contributed by atoms with Crippen LogP contribution in [0.1, 0.15) is 34.6 Å². The molecule has 0 unspecified atom stereocenters. The van der Waals surface area contributed by atoms with Gasteiger partial charge >= 0.3 is 0 Å². The molecular formula is C23H27FN4O2. The normalized spacial score (nSPS) is 15.7. The van der Waals surface area contributed by atoms with Gasteiger partial charge in [-0.3, -0.25) is 4.79 Å². The summed E-state index contributed by atoms with van der Waals surface area (Å²) in [5.74, 6) is 0.515. The Labute approximate surface area is 176 Å². The van der Waals surface area contributed by atoms with Crippen LogP contribution in [-0.4, -0.2) is 67.6 Å². The molecule has 0 atom stereocenters. The summed E-state index contributed by atoms with van der Waals surface area (Å²) in [6.45, 7) is 3.45. The molecule has 7 heteroatoms. The molecule has 0 amide bonds. The van der Waals surface area contributed by atoms with Gasteiger partial charge in [0.1, 0.15) is 11.6 Å². The second-order valence-electron chi connectivity index (χ2n) is 8.00. The highest BCUT2D eigenvalue weighted by atomic mass is 19.1. The molecule has 1 aliphatic carbocycles. The first kappa shape index (κ1) is 20.6. The number of morpholine rings is 1. The molecule has 1 aliphatic heterocycles. The molecule has 0 radical (unpaired) electrons. The maximum Gasteiger partial charge on any atom is 0.200 e. The fraction of sp³-hybridized carbons (Fsp3) is 0.435. The second kappa shape index (κ2) is 9.02. The maximum absolute atomic E-state index is 14.3. The minimum Gasteiger partial charge on any atom is -0.378 e. The predicted octanol–water partition coefficient (Wildman–Crippen LogP) is 3.21. The van der Waals surface area contributed by atoms with Crippen LogP contribution in [0.4, 0.5) is 10.2 Å². The number of carbonyl (C=O) groups is 1. The number of ether oxygens (including phenoxy) is 1. The van der Waals surface area contributed by atoms with E-state index in [-0.39, 0.29) is 17.4 Å². The van der Waals surface area contributed by atoms with E-state index in [0.29, 0.717) is 56.2 Å². The summed E-state index contributed by atoms with van der Waals surface area (Å²) in [7, 11) is 3.96. The van der Waals surface area contributed by atoms with E-state index in [1.807, 2.05) is 37.2 Å². The summed E-state index contributed by atoms with van der Waals surface area (Å²) in [4.78, 5) is 26.2. The van der Waals surface area contributed by atoms with Gasteiger partial charge in [-0.2, -0.15) is 0 Å². The molecule has 2 aromatic rings. The van der Waals surface area contributed by atoms with Crippen LogP contribution >= 0.6 is 0 Å². The number of benzene rings is 1. The van der Waals surface area contributed by atoms with Gasteiger partial charge in [0, 0.05) is 31.1 Å². The highest BCUT2D eigenvalue weighted by Crippen LogP contribution is 2.33. The van der Waals surface area contributed by atoms with Crippen LogP contribution in [0, 0.1) is 5.82 Å². The van der Waals surface area contributed by atoms with Gasteiger partial charge in [0.05, 0.1) is 18.9 Å². The number of carbonyl (C=O) groups excluding carboxylic acids is 1. The van der Waals surface area contributed by atoms with Gasteiger partial charge in [0.15, 0.2) is 11.6 Å². The van der Waals surface area contributed by atoms with E-state index in [4.69, 9.17) is 4.74 Å². The van der Waals surface area contributed by atoms with Gasteiger partial charge < -0.3 is 14.5 Å². The van der Waals surface area contributed by atoms with E-state index < -0.39 is 0 Å². The molecule has 2 aliphatic rings. The highest BCUT2D eigenvalue weighted by molar-refractivity contribution is 5.93. The smallest absolute Gasteiger partial charge is 0.200 e. The lowest BCUT2D eigenvalue weighted by Crippen LogP contribution is -2.37. The number of nitrogens with zero attached hydrogens (tertiary/aromatic N) is 4. The van der Waals surface area contributed by atoms with Gasteiger partial charge in [-0.25, -0.2) is 14.4 Å². The average molecular weight is 410 g/mol. The van der Waals surface area contributed by atoms with Gasteiger partial charge in [0.25, 0.3) is 0 Å². The number of halogens is 1. The van der Waals surface area contributed by atoms with Gasteiger partial charge in [-0.05, 0) is 56.7 Å². The summed E-state index contributed by atoms with van der Waals surface area (Å²) >= 11 is 0. The maximum atomic E-state index is 14.3. The van der Waals surface area contributed by atoms with E-state index in [1.165, 1.54) is 6.07 Å². The van der Waals surface area contributed by atoms with Crippen molar-refractivity contribution >= 4 is 17.7 Å². The number of rotatable bonds is 7. The summed E-state index contributed by atoms with van der Waals surface area (Å²) in [6.07, 6.45) is 5.85. The van der Waals surface area contributed by atoms with Crippen molar-refractivity contribution in [1.29, 1.82) is 0 Å². The van der Waals surface area contributed by atoms with E-state index in [2.05, 4.69) is 14.9 Å². The number of aromatic nitrogens is 2. The van der Waals surface area contributed by atoms with Crippen molar-refractivity contribution in [1.82, 2.24) is 14.9 Å². The standard InChI is InChI=1S/C23H27FN4O2/c1-27(2)8-4-7-21(29)23-25-20(15-22(26-23)28-9-11-30-12-10-28)19-14-17(24)13-16-5-3-6-18(16)19/h3,6,13-15H,4-5,7-12H2,1-2H3. The fourth-order valence-electron chi connectivity index (χ4n) is 3.88. The SMILES string of the molecule is CN(C)CCCC(=O)c1nc(-c2cc(F)cc3c2C=CC3)cc(N2CCOCC2)n1. The van der Waals surface area contributed by atoms with Crippen LogP contribution in [0.2, 0.25) is 0 Å². The van der Waals surface area contributed by atoms with Crippen LogP contribution in [-0.2, 0) is 11.2 Å². The minimum atomic E-state index is -0.294. The van der Waals surface area contributed by atoms with Gasteiger partial charge in [-0.1, -0.05) is 12.2 Å². The lowest BCUT2D eigenvalue weighted by atomic mass is 10.00. The average Bonchev–Trinajstić information content (AvgIpc) is 3.21. The van der Waals surface area contributed by atoms with Crippen LogP contribution in [0.3, 0.4) is 0 Å². The second-order valence-corrected chi connectivity index (χ2v) is 8.00. The Morgan fingerprint density at radius 1 is 1.20 bits per heavy atom. The molecule has 1 aromatic heterocycles. The third-order valence-electron chi connectivity index (χ3n) is 5.43. The zero-order valence-corrected chi connectivity index (χ0v) is 17.5. The van der Waals surface area contributed by atoms with E-state index in [1.54, 1.807) is 6.07 Å². The van der Waals surface area contributed by atoms with Crippen LogP contribution in [0.5, 0.6) is 0 Å². The summed E-state index contributed by atoms with van der Waals surface area (Å²) in [5, 5.41) is 0. The molecular weight excluding hydrogens is 383 g/mol. The number of Topliss-reactive ketones (excluding diaryl/α,β-unsaturated/α-hetero) is 1. The van der Waals surface area contributed by atoms with Crippen LogP contribution in [0.15, 0.2) is 24.3 Å². The Kier molecular flexibility index (Phi) is 6.20. The first-order valence-corrected chi connectivity index (χ1v) is 10.4. The molecule has 158 valence electrons. The molecule has 1 saturated heterocycles. The largest absolute Gasteiger partial charge is 0.378 e. The number of hydrogen-bond acceptors (Lipinski definition) is 6. The summed E-state index contributed by atoms with van der Waals surface area (Å²) in [5.41, 5.74) is 3.20. The number of hydrogen-bond donors (Lipinski definition) is 0. The quantitative estimate of drug-likeness (QED) is 0.654. The van der Waals surface area contributed by atoms with Crippen molar-refractivity contribution in [2.45, 2.75) is 19.3 Å². The molecule has 4 rings (SSSR count). The number of fused-ring (bicyclic) bond motifs is 1. The third-order valence-corrected chi connectivity index (χ3v) is 5.43. The van der Waals surface area contributed by atoms with Crippen molar-refractivity contribution in [2.24, 2.45) is 0 Å². The van der Waals surface area contributed by atoms with E-state index >= 15 is 0 Å². The zero-order valence-electron chi connectivity index (χ0n) is 17.5. The molecule has 1 fully saturated rings. The van der Waals surface area contributed by atoms with Gasteiger partial charge in [0.2, 0.25) is 0 Å². The molecule has 1 aromatic carbocycles. The Morgan fingerprint density at radius 3 is 2.77 bits per heavy atom. The Hall–Kier alpha value is -2.64. The first-order valence-electron chi connectivity index (χ1n) is 10.4. The molecule has 6 nitrogen and oxygen atoms in total. The van der Waals surface area contributed by atoms with Crippen molar-refractivity contribution in [2.75, 3.05) is 51.8 Å². The Morgan fingerprint density at radius 2 is 2.00 bits per heavy atom. The minimum absolute atomic E-state index is 0.0863.